The molecule has 1 aromatic rings. The van der Waals surface area contributed by atoms with Crippen LogP contribution in [-0.2, 0) is 4.74 Å². The lowest BCUT2D eigenvalue weighted by molar-refractivity contribution is -0.0760. The van der Waals surface area contributed by atoms with Crippen LogP contribution >= 0.6 is 0 Å². The van der Waals surface area contributed by atoms with Crippen LogP contribution in [0.5, 0.6) is 5.75 Å². The first kappa shape index (κ1) is 18.0. The maximum absolute atomic E-state index is 8.72. The molecule has 0 aliphatic heterocycles. The van der Waals surface area contributed by atoms with Crippen molar-refractivity contribution in [1.82, 2.24) is 0 Å². The van der Waals surface area contributed by atoms with Crippen molar-refractivity contribution in [3.05, 3.63) is 29.8 Å². The molecule has 0 aromatic heterocycles. The van der Waals surface area contributed by atoms with Crippen molar-refractivity contribution in [2.45, 2.75) is 53.2 Å². The van der Waals surface area contributed by atoms with E-state index in [9.17, 15) is 0 Å². The molecule has 0 fully saturated rings. The van der Waals surface area contributed by atoms with Gasteiger partial charge in [0.15, 0.2) is 6.29 Å². The van der Waals surface area contributed by atoms with E-state index in [2.05, 4.69) is 39.8 Å². The zero-order valence-electron chi connectivity index (χ0n) is 14.0. The summed E-state index contributed by atoms with van der Waals surface area (Å²) in [5.74, 6) is 2.71. The molecule has 0 saturated carbocycles. The number of hydrogen-bond acceptors (Lipinski definition) is 3. The third-order valence-corrected chi connectivity index (χ3v) is 3.58. The van der Waals surface area contributed by atoms with Crippen LogP contribution in [0.1, 0.15) is 52.5 Å². The van der Waals surface area contributed by atoms with E-state index in [4.69, 9.17) is 14.6 Å². The molecule has 21 heavy (non-hydrogen) atoms. The van der Waals surface area contributed by atoms with E-state index in [1.165, 1.54) is 12.0 Å². The van der Waals surface area contributed by atoms with Gasteiger partial charge in [0, 0.05) is 0 Å². The molecule has 2 unspecified atom stereocenters. The highest BCUT2D eigenvalue weighted by Gasteiger charge is 2.17. The van der Waals surface area contributed by atoms with Gasteiger partial charge in [-0.3, -0.25) is 0 Å². The lowest BCUT2D eigenvalue weighted by Gasteiger charge is -2.24. The van der Waals surface area contributed by atoms with E-state index in [0.717, 1.165) is 5.75 Å². The summed E-state index contributed by atoms with van der Waals surface area (Å²) in [4.78, 5) is 0. The molecule has 1 rings (SSSR count). The molecule has 0 saturated heterocycles. The van der Waals surface area contributed by atoms with E-state index in [0.29, 0.717) is 24.4 Å². The molecule has 0 bridgehead atoms. The number of benzene rings is 1. The van der Waals surface area contributed by atoms with Gasteiger partial charge in [-0.25, -0.2) is 0 Å². The Morgan fingerprint density at radius 1 is 1.00 bits per heavy atom. The van der Waals surface area contributed by atoms with Crippen molar-refractivity contribution in [2.24, 2.45) is 11.8 Å². The SMILES string of the molecule is CC(C)CC(c1ccc(OC(C)OCCO)cc1)C(C)C. The van der Waals surface area contributed by atoms with Crippen LogP contribution in [-0.4, -0.2) is 24.6 Å². The van der Waals surface area contributed by atoms with Gasteiger partial charge in [0.05, 0.1) is 13.2 Å². The first-order valence-electron chi connectivity index (χ1n) is 7.93. The topological polar surface area (TPSA) is 38.7 Å². The fourth-order valence-corrected chi connectivity index (χ4v) is 2.54. The average Bonchev–Trinajstić information content (AvgIpc) is 2.43. The fourth-order valence-electron chi connectivity index (χ4n) is 2.54. The van der Waals surface area contributed by atoms with Crippen molar-refractivity contribution >= 4 is 0 Å². The Morgan fingerprint density at radius 2 is 1.62 bits per heavy atom. The zero-order chi connectivity index (χ0) is 15.8. The summed E-state index contributed by atoms with van der Waals surface area (Å²) >= 11 is 0. The first-order valence-corrected chi connectivity index (χ1v) is 7.93. The minimum Gasteiger partial charge on any atom is -0.465 e. The molecule has 0 aliphatic rings. The summed E-state index contributed by atoms with van der Waals surface area (Å²) in [6.45, 7) is 11.2. The lowest BCUT2D eigenvalue weighted by atomic mass is 9.82. The molecule has 1 aromatic carbocycles. The molecule has 1 N–H and O–H groups in total. The molecule has 0 heterocycles. The number of rotatable bonds is 9. The van der Waals surface area contributed by atoms with E-state index < -0.39 is 0 Å². The zero-order valence-corrected chi connectivity index (χ0v) is 14.0. The van der Waals surface area contributed by atoms with Gasteiger partial charge >= 0.3 is 0 Å². The van der Waals surface area contributed by atoms with Gasteiger partial charge in [-0.05, 0) is 48.8 Å². The van der Waals surface area contributed by atoms with Gasteiger partial charge < -0.3 is 14.6 Å². The van der Waals surface area contributed by atoms with Crippen LogP contribution in [0.3, 0.4) is 0 Å². The van der Waals surface area contributed by atoms with Crippen LogP contribution in [0.4, 0.5) is 0 Å². The summed E-state index contributed by atoms with van der Waals surface area (Å²) < 4.78 is 11.0. The summed E-state index contributed by atoms with van der Waals surface area (Å²) in [6.07, 6.45) is 0.855. The lowest BCUT2D eigenvalue weighted by Crippen LogP contribution is -2.18. The number of aliphatic hydroxyl groups excluding tert-OH is 1. The molecule has 0 aliphatic carbocycles. The Labute approximate surface area is 129 Å². The highest BCUT2D eigenvalue weighted by Crippen LogP contribution is 2.32. The molecule has 0 spiro atoms. The van der Waals surface area contributed by atoms with Crippen LogP contribution in [0, 0.1) is 11.8 Å². The van der Waals surface area contributed by atoms with Crippen LogP contribution in [0.25, 0.3) is 0 Å². The van der Waals surface area contributed by atoms with Crippen molar-refractivity contribution in [2.75, 3.05) is 13.2 Å². The van der Waals surface area contributed by atoms with E-state index in [1.807, 2.05) is 19.1 Å². The Kier molecular flexibility index (Phi) is 7.76. The second-order valence-corrected chi connectivity index (χ2v) is 6.33. The smallest absolute Gasteiger partial charge is 0.197 e. The highest BCUT2D eigenvalue weighted by molar-refractivity contribution is 5.29. The number of ether oxygens (including phenoxy) is 2. The van der Waals surface area contributed by atoms with Gasteiger partial charge in [-0.15, -0.1) is 0 Å². The predicted octanol–water partition coefficient (Wildman–Crippen LogP) is 4.21. The quantitative estimate of drug-likeness (QED) is 0.693. The Morgan fingerprint density at radius 3 is 2.10 bits per heavy atom. The normalized spacial score (nSPS) is 14.5. The van der Waals surface area contributed by atoms with Gasteiger partial charge in [0.2, 0.25) is 0 Å². The molecular weight excluding hydrogens is 264 g/mol. The fraction of sp³-hybridized carbons (Fsp3) is 0.667. The Balaban J connectivity index is 2.67. The largest absolute Gasteiger partial charge is 0.465 e. The van der Waals surface area contributed by atoms with Gasteiger partial charge in [0.1, 0.15) is 5.75 Å². The molecule has 120 valence electrons. The van der Waals surface area contributed by atoms with Crippen LogP contribution in [0.15, 0.2) is 24.3 Å². The Bertz CT molecular complexity index is 384. The van der Waals surface area contributed by atoms with Crippen LogP contribution < -0.4 is 4.74 Å². The predicted molar refractivity (Wildman–Crippen MR) is 86.6 cm³/mol. The average molecular weight is 294 g/mol. The maximum Gasteiger partial charge on any atom is 0.197 e. The van der Waals surface area contributed by atoms with Gasteiger partial charge in [-0.1, -0.05) is 39.8 Å². The van der Waals surface area contributed by atoms with E-state index in [-0.39, 0.29) is 12.9 Å². The third kappa shape index (κ3) is 6.49. The Hall–Kier alpha value is -1.06. The van der Waals surface area contributed by atoms with Crippen molar-refractivity contribution in [3.63, 3.8) is 0 Å². The van der Waals surface area contributed by atoms with Crippen molar-refractivity contribution < 1.29 is 14.6 Å². The van der Waals surface area contributed by atoms with Crippen molar-refractivity contribution in [1.29, 1.82) is 0 Å². The summed E-state index contributed by atoms with van der Waals surface area (Å²) in [5.41, 5.74) is 1.37. The van der Waals surface area contributed by atoms with Gasteiger partial charge in [-0.2, -0.15) is 0 Å². The molecule has 0 radical (unpaired) electrons. The number of hydrogen-bond donors (Lipinski definition) is 1. The second kappa shape index (κ2) is 9.06. The maximum atomic E-state index is 8.72. The summed E-state index contributed by atoms with van der Waals surface area (Å²) in [5, 5.41) is 8.72. The highest BCUT2D eigenvalue weighted by atomic mass is 16.7. The van der Waals surface area contributed by atoms with E-state index >= 15 is 0 Å². The first-order chi connectivity index (χ1) is 9.93. The summed E-state index contributed by atoms with van der Waals surface area (Å²) in [7, 11) is 0. The minimum atomic E-state index is -0.348. The van der Waals surface area contributed by atoms with Gasteiger partial charge in [0.25, 0.3) is 0 Å². The molecular formula is C18H30O3. The minimum absolute atomic E-state index is 0.0118. The van der Waals surface area contributed by atoms with Crippen LogP contribution in [0.2, 0.25) is 0 Å². The second-order valence-electron chi connectivity index (χ2n) is 6.33. The monoisotopic (exact) mass is 294 g/mol. The molecule has 3 heteroatoms. The summed E-state index contributed by atoms with van der Waals surface area (Å²) in [6, 6.07) is 8.32. The molecule has 3 nitrogen and oxygen atoms in total. The molecule has 2 atom stereocenters. The number of aliphatic hydroxyl groups is 1. The van der Waals surface area contributed by atoms with E-state index in [1.54, 1.807) is 0 Å². The third-order valence-electron chi connectivity index (χ3n) is 3.58. The molecule has 0 amide bonds. The van der Waals surface area contributed by atoms with Crippen molar-refractivity contribution in [3.8, 4) is 5.75 Å². The standard InChI is InChI=1S/C18H30O3/c1-13(2)12-18(14(3)4)16-6-8-17(9-7-16)21-15(5)20-11-10-19/h6-9,13-15,18-19H,10-12H2,1-5H3.